The topological polar surface area (TPSA) is 158 Å². The van der Waals surface area contributed by atoms with Gasteiger partial charge in [0.1, 0.15) is 34.7 Å². The number of methoxy groups -OCH3 is 3. The molecule has 0 aromatic heterocycles. The van der Waals surface area contributed by atoms with Gasteiger partial charge in [-0.05, 0) is 12.1 Å². The van der Waals surface area contributed by atoms with Crippen LogP contribution >= 0.6 is 11.8 Å². The average molecular weight is 494 g/mol. The minimum absolute atomic E-state index is 0.0238. The molecule has 1 fully saturated rings. The smallest absolute Gasteiger partial charge is 0.352 e. The molecule has 2 aliphatic heterocycles. The van der Waals surface area contributed by atoms with Crippen LogP contribution in [0.1, 0.15) is 17.3 Å². The molecular formula is C21H22N2O10S. The maximum Gasteiger partial charge on any atom is 0.352 e. The molecule has 0 radical (unpaired) electrons. The number of hydrogen-bond donors (Lipinski definition) is 2. The van der Waals surface area contributed by atoms with Crippen molar-refractivity contribution in [1.82, 2.24) is 10.2 Å². The normalized spacial score (nSPS) is 21.1. The minimum Gasteiger partial charge on any atom is -0.496 e. The molecule has 3 rings (SSSR count). The standard InChI is InChI=1S/C21H22N2O10S/c1-10(24)33-8-11-9-34-19-21(20(29)32-4,18(28)23(19)15(11)17(26)27)22-16(25)14-12(30-2)6-5-7-13(14)31-3/h5-7,19H,8-9H2,1-4H3,(H,22,25)(H,26,27)/t19-,21+/m1/s1. The van der Waals surface area contributed by atoms with Crippen LogP contribution in [-0.2, 0) is 28.7 Å². The van der Waals surface area contributed by atoms with Gasteiger partial charge in [-0.3, -0.25) is 19.3 Å². The summed E-state index contributed by atoms with van der Waals surface area (Å²) in [5.41, 5.74) is -2.50. The fraction of sp³-hybridized carbons (Fsp3) is 0.381. The van der Waals surface area contributed by atoms with Crippen molar-refractivity contribution in [3.63, 3.8) is 0 Å². The maximum absolute atomic E-state index is 13.3. The number of hydrogen-bond acceptors (Lipinski definition) is 10. The van der Waals surface area contributed by atoms with E-state index in [1.54, 1.807) is 6.07 Å². The number of ether oxygens (including phenoxy) is 4. The van der Waals surface area contributed by atoms with Gasteiger partial charge < -0.3 is 29.4 Å². The number of carboxylic acid groups (broad SMARTS) is 1. The second-order valence-corrected chi connectivity index (χ2v) is 8.24. The van der Waals surface area contributed by atoms with Crippen molar-refractivity contribution in [1.29, 1.82) is 0 Å². The number of nitrogens with zero attached hydrogens (tertiary/aromatic N) is 1. The molecule has 0 saturated carbocycles. The van der Waals surface area contributed by atoms with Gasteiger partial charge in [-0.25, -0.2) is 9.59 Å². The molecule has 0 unspecified atom stereocenters. The van der Waals surface area contributed by atoms with Crippen LogP contribution in [-0.4, -0.2) is 84.3 Å². The van der Waals surface area contributed by atoms with Crippen LogP contribution in [0.15, 0.2) is 29.5 Å². The number of β-lactam (4-membered cyclic amide) rings is 1. The molecule has 1 aromatic rings. The molecule has 12 nitrogen and oxygen atoms in total. The van der Waals surface area contributed by atoms with Crippen molar-refractivity contribution < 1.29 is 48.0 Å². The first-order valence-electron chi connectivity index (χ1n) is 9.79. The first-order valence-corrected chi connectivity index (χ1v) is 10.8. The van der Waals surface area contributed by atoms with Gasteiger partial charge in [0, 0.05) is 18.2 Å². The third kappa shape index (κ3) is 3.91. The van der Waals surface area contributed by atoms with Gasteiger partial charge >= 0.3 is 17.9 Å². The van der Waals surface area contributed by atoms with Crippen molar-refractivity contribution in [3.05, 3.63) is 35.0 Å². The summed E-state index contributed by atoms with van der Waals surface area (Å²) in [6.07, 6.45) is 0. The van der Waals surface area contributed by atoms with Crippen LogP contribution in [0.3, 0.4) is 0 Å². The van der Waals surface area contributed by atoms with Crippen molar-refractivity contribution >= 4 is 41.5 Å². The highest BCUT2D eigenvalue weighted by molar-refractivity contribution is 8.00. The number of thioether (sulfide) groups is 1. The Kier molecular flexibility index (Phi) is 7.05. The zero-order valence-electron chi connectivity index (χ0n) is 18.7. The average Bonchev–Trinajstić information content (AvgIpc) is 2.83. The minimum atomic E-state index is -2.20. The summed E-state index contributed by atoms with van der Waals surface area (Å²) < 4.78 is 20.2. The zero-order chi connectivity index (χ0) is 25.2. The number of rotatable bonds is 8. The molecule has 2 atom stereocenters. The Bertz CT molecular complexity index is 1080. The highest BCUT2D eigenvalue weighted by Gasteiger charge is 2.71. The molecule has 0 aliphatic carbocycles. The van der Waals surface area contributed by atoms with Gasteiger partial charge in [0.05, 0.1) is 21.3 Å². The third-order valence-corrected chi connectivity index (χ3v) is 6.67. The molecule has 34 heavy (non-hydrogen) atoms. The molecule has 0 spiro atoms. The molecular weight excluding hydrogens is 472 g/mol. The predicted molar refractivity (Wildman–Crippen MR) is 116 cm³/mol. The highest BCUT2D eigenvalue weighted by Crippen LogP contribution is 2.47. The number of carbonyl (C=O) groups is 5. The second kappa shape index (κ2) is 9.63. The highest BCUT2D eigenvalue weighted by atomic mass is 32.2. The molecule has 1 aromatic carbocycles. The Labute approximate surface area is 198 Å². The maximum atomic E-state index is 13.3. The van der Waals surface area contributed by atoms with E-state index in [2.05, 4.69) is 5.32 Å². The van der Waals surface area contributed by atoms with Gasteiger partial charge in [-0.1, -0.05) is 6.07 Å². The zero-order valence-corrected chi connectivity index (χ0v) is 19.5. The van der Waals surface area contributed by atoms with Gasteiger partial charge in [-0.2, -0.15) is 0 Å². The van der Waals surface area contributed by atoms with E-state index in [0.29, 0.717) is 0 Å². The molecule has 2 amide bonds. The summed E-state index contributed by atoms with van der Waals surface area (Å²) in [7, 11) is 3.72. The number of amides is 2. The number of benzene rings is 1. The summed E-state index contributed by atoms with van der Waals surface area (Å²) in [5, 5.41) is 11.1. The number of carboxylic acids is 1. The molecule has 2 aliphatic rings. The van der Waals surface area contributed by atoms with E-state index in [9.17, 15) is 29.1 Å². The molecule has 2 N–H and O–H groups in total. The fourth-order valence-electron chi connectivity index (χ4n) is 3.75. The van der Waals surface area contributed by atoms with Crippen LogP contribution in [0, 0.1) is 0 Å². The SMILES string of the molecule is COC(=O)[C@]1(NC(=O)c2c(OC)cccc2OC)C(=O)N2C(C(=O)O)=C(COC(C)=O)CS[C@@H]21. The van der Waals surface area contributed by atoms with E-state index < -0.39 is 46.3 Å². The Morgan fingerprint density at radius 3 is 2.29 bits per heavy atom. The molecule has 2 heterocycles. The number of nitrogens with one attached hydrogen (secondary N) is 1. The van der Waals surface area contributed by atoms with Crippen LogP contribution < -0.4 is 14.8 Å². The number of fused-ring (bicyclic) bond motifs is 1. The van der Waals surface area contributed by atoms with Crippen molar-refractivity contribution in [2.24, 2.45) is 0 Å². The van der Waals surface area contributed by atoms with Gasteiger partial charge in [0.25, 0.3) is 11.8 Å². The second-order valence-electron chi connectivity index (χ2n) is 7.17. The van der Waals surface area contributed by atoms with Gasteiger partial charge in [-0.15, -0.1) is 11.8 Å². The Morgan fingerprint density at radius 2 is 1.79 bits per heavy atom. The Morgan fingerprint density at radius 1 is 1.18 bits per heavy atom. The molecule has 13 heteroatoms. The summed E-state index contributed by atoms with van der Waals surface area (Å²) in [5.74, 6) is -4.72. The summed E-state index contributed by atoms with van der Waals surface area (Å²) >= 11 is 1.02. The van der Waals surface area contributed by atoms with E-state index in [1.165, 1.54) is 33.3 Å². The molecule has 0 bridgehead atoms. The lowest BCUT2D eigenvalue weighted by Gasteiger charge is -2.55. The van der Waals surface area contributed by atoms with Gasteiger partial charge in [0.2, 0.25) is 5.54 Å². The van der Waals surface area contributed by atoms with Crippen LogP contribution in [0.25, 0.3) is 0 Å². The lowest BCUT2D eigenvalue weighted by atomic mass is 9.85. The van der Waals surface area contributed by atoms with E-state index in [1.807, 2.05) is 0 Å². The predicted octanol–water partition coefficient (Wildman–Crippen LogP) is 0.162. The Hall–Kier alpha value is -3.74. The Balaban J connectivity index is 2.03. The lowest BCUT2D eigenvalue weighted by molar-refractivity contribution is -0.171. The monoisotopic (exact) mass is 494 g/mol. The van der Waals surface area contributed by atoms with E-state index in [0.717, 1.165) is 23.8 Å². The van der Waals surface area contributed by atoms with Crippen molar-refractivity contribution in [2.75, 3.05) is 33.7 Å². The molecule has 1 saturated heterocycles. The summed E-state index contributed by atoms with van der Waals surface area (Å²) in [6.45, 7) is 0.828. The number of aliphatic carboxylic acids is 1. The van der Waals surface area contributed by atoms with E-state index >= 15 is 0 Å². The third-order valence-electron chi connectivity index (χ3n) is 5.28. The quantitative estimate of drug-likeness (QED) is 0.288. The van der Waals surface area contributed by atoms with Crippen LogP contribution in [0.4, 0.5) is 0 Å². The lowest BCUT2D eigenvalue weighted by Crippen LogP contribution is -2.83. The van der Waals surface area contributed by atoms with Crippen LogP contribution in [0.5, 0.6) is 11.5 Å². The summed E-state index contributed by atoms with van der Waals surface area (Å²) in [4.78, 5) is 63.4. The number of carbonyl (C=O) groups excluding carboxylic acids is 4. The van der Waals surface area contributed by atoms with E-state index in [-0.39, 0.29) is 35.0 Å². The number of esters is 2. The largest absolute Gasteiger partial charge is 0.496 e. The summed E-state index contributed by atoms with van der Waals surface area (Å²) in [6, 6.07) is 4.59. The van der Waals surface area contributed by atoms with E-state index in [4.69, 9.17) is 18.9 Å². The molecule has 182 valence electrons. The van der Waals surface area contributed by atoms with Crippen LogP contribution in [0.2, 0.25) is 0 Å². The van der Waals surface area contributed by atoms with Gasteiger partial charge in [0.15, 0.2) is 0 Å². The fourth-order valence-corrected chi connectivity index (χ4v) is 5.19. The first kappa shape index (κ1) is 24.9. The van der Waals surface area contributed by atoms with Crippen molar-refractivity contribution in [2.45, 2.75) is 17.8 Å². The first-order chi connectivity index (χ1) is 16.1. The van der Waals surface area contributed by atoms with Crippen molar-refractivity contribution in [3.8, 4) is 11.5 Å².